The smallest absolute Gasteiger partial charge is 0.0974 e. The molecule has 74 valence electrons. The van der Waals surface area contributed by atoms with Crippen LogP contribution in [0.25, 0.3) is 0 Å². The number of nitrogens with zero attached hydrogens (tertiary/aromatic N) is 1. The summed E-state index contributed by atoms with van der Waals surface area (Å²) in [6.45, 7) is 6.36. The molecule has 1 aromatic heterocycles. The van der Waals surface area contributed by atoms with E-state index in [1.807, 2.05) is 0 Å². The number of aryl methyl sites for hydroxylation is 1. The van der Waals surface area contributed by atoms with E-state index in [2.05, 4.69) is 31.1 Å². The minimum absolute atomic E-state index is 0.209. The van der Waals surface area contributed by atoms with Crippen molar-refractivity contribution in [3.63, 3.8) is 0 Å². The molecule has 2 atom stereocenters. The van der Waals surface area contributed by atoms with Crippen LogP contribution in [0.5, 0.6) is 0 Å². The molecule has 13 heavy (non-hydrogen) atoms. The molecular weight excluding hydrogens is 180 g/mol. The van der Waals surface area contributed by atoms with Crippen LogP contribution >= 0.6 is 11.3 Å². The first kappa shape index (κ1) is 10.7. The summed E-state index contributed by atoms with van der Waals surface area (Å²) in [7, 11) is 0. The van der Waals surface area contributed by atoms with Crippen molar-refractivity contribution in [3.8, 4) is 0 Å². The van der Waals surface area contributed by atoms with Gasteiger partial charge in [0.15, 0.2) is 0 Å². The molecule has 0 aromatic carbocycles. The quantitative estimate of drug-likeness (QED) is 0.807. The molecule has 1 heterocycles. The zero-order valence-corrected chi connectivity index (χ0v) is 9.40. The maximum absolute atomic E-state index is 5.90. The van der Waals surface area contributed by atoms with Gasteiger partial charge in [0, 0.05) is 17.3 Å². The predicted molar refractivity (Wildman–Crippen MR) is 58.2 cm³/mol. The average molecular weight is 198 g/mol. The minimum Gasteiger partial charge on any atom is -0.327 e. The fraction of sp³-hybridized carbons (Fsp3) is 0.700. The van der Waals surface area contributed by atoms with Gasteiger partial charge in [-0.15, -0.1) is 11.3 Å². The van der Waals surface area contributed by atoms with Crippen molar-refractivity contribution in [2.45, 2.75) is 45.6 Å². The average Bonchev–Trinajstić information content (AvgIpc) is 2.53. The Bertz CT molecular complexity index is 255. The molecule has 2 unspecified atom stereocenters. The second-order valence-corrected chi connectivity index (χ2v) is 4.29. The Morgan fingerprint density at radius 3 is 2.62 bits per heavy atom. The van der Waals surface area contributed by atoms with Gasteiger partial charge < -0.3 is 5.73 Å². The summed E-state index contributed by atoms with van der Waals surface area (Å²) in [4.78, 5) is 4.56. The van der Waals surface area contributed by atoms with Crippen molar-refractivity contribution >= 4 is 11.3 Å². The molecule has 2 nitrogen and oxygen atoms in total. The summed E-state index contributed by atoms with van der Waals surface area (Å²) < 4.78 is 0. The zero-order valence-electron chi connectivity index (χ0n) is 8.58. The highest BCUT2D eigenvalue weighted by Crippen LogP contribution is 2.25. The molecule has 3 heteroatoms. The normalized spacial score (nSPS) is 15.7. The van der Waals surface area contributed by atoms with Gasteiger partial charge in [-0.05, 0) is 19.8 Å². The molecular formula is C10H18N2S. The highest BCUT2D eigenvalue weighted by atomic mass is 32.1. The molecule has 1 rings (SSSR count). The number of nitrogens with two attached hydrogens (primary N) is 1. The fourth-order valence-electron chi connectivity index (χ4n) is 1.43. The molecule has 0 aliphatic heterocycles. The van der Waals surface area contributed by atoms with Crippen LogP contribution in [0.15, 0.2) is 5.38 Å². The van der Waals surface area contributed by atoms with E-state index in [1.165, 1.54) is 10.7 Å². The lowest BCUT2D eigenvalue weighted by Gasteiger charge is -2.15. The van der Waals surface area contributed by atoms with Crippen LogP contribution in [-0.2, 0) is 6.42 Å². The number of rotatable bonds is 4. The Hall–Kier alpha value is -0.410. The lowest BCUT2D eigenvalue weighted by molar-refractivity contribution is 0.549. The Morgan fingerprint density at radius 2 is 2.23 bits per heavy atom. The maximum Gasteiger partial charge on any atom is 0.0974 e. The number of hydrogen-bond acceptors (Lipinski definition) is 3. The van der Waals surface area contributed by atoms with E-state index >= 15 is 0 Å². The summed E-state index contributed by atoms with van der Waals surface area (Å²) in [5, 5.41) is 3.34. The van der Waals surface area contributed by atoms with Crippen molar-refractivity contribution in [3.05, 3.63) is 16.1 Å². The number of thiazole rings is 1. The Labute approximate surface area is 84.2 Å². The highest BCUT2D eigenvalue weighted by molar-refractivity contribution is 7.09. The Morgan fingerprint density at radius 1 is 1.54 bits per heavy atom. The van der Waals surface area contributed by atoms with E-state index in [0.29, 0.717) is 5.92 Å². The van der Waals surface area contributed by atoms with E-state index in [-0.39, 0.29) is 6.04 Å². The molecule has 0 aliphatic carbocycles. The SMILES string of the molecule is CCc1csc(C(CC)C(C)N)n1. The second-order valence-electron chi connectivity index (χ2n) is 3.40. The topological polar surface area (TPSA) is 38.9 Å². The van der Waals surface area contributed by atoms with E-state index in [4.69, 9.17) is 5.73 Å². The van der Waals surface area contributed by atoms with E-state index in [9.17, 15) is 0 Å². The van der Waals surface area contributed by atoms with Gasteiger partial charge in [0.05, 0.1) is 10.7 Å². The molecule has 0 saturated heterocycles. The van der Waals surface area contributed by atoms with Gasteiger partial charge in [-0.25, -0.2) is 4.98 Å². The minimum atomic E-state index is 0.209. The second kappa shape index (κ2) is 4.72. The largest absolute Gasteiger partial charge is 0.327 e. The third kappa shape index (κ3) is 2.51. The molecule has 0 amide bonds. The third-order valence-electron chi connectivity index (χ3n) is 2.32. The molecule has 0 spiro atoms. The Kier molecular flexibility index (Phi) is 3.88. The van der Waals surface area contributed by atoms with Gasteiger partial charge in [0.2, 0.25) is 0 Å². The molecule has 1 aromatic rings. The summed E-state index contributed by atoms with van der Waals surface area (Å²) in [6, 6.07) is 0.209. The molecule has 2 N–H and O–H groups in total. The van der Waals surface area contributed by atoms with Crippen LogP contribution in [0.1, 0.15) is 43.8 Å². The van der Waals surface area contributed by atoms with Crippen LogP contribution in [-0.4, -0.2) is 11.0 Å². The van der Waals surface area contributed by atoms with E-state index < -0.39 is 0 Å². The maximum atomic E-state index is 5.90. The monoisotopic (exact) mass is 198 g/mol. The van der Waals surface area contributed by atoms with Crippen LogP contribution in [0.3, 0.4) is 0 Å². The van der Waals surface area contributed by atoms with Gasteiger partial charge in [-0.2, -0.15) is 0 Å². The standard InChI is InChI=1S/C10H18N2S/c1-4-8-6-13-10(12-8)9(5-2)7(3)11/h6-7,9H,4-5,11H2,1-3H3. The van der Waals surface area contributed by atoms with Gasteiger partial charge in [0.25, 0.3) is 0 Å². The first-order chi connectivity index (χ1) is 6.19. The summed E-state index contributed by atoms with van der Waals surface area (Å²) >= 11 is 1.74. The molecule has 0 bridgehead atoms. The van der Waals surface area contributed by atoms with Crippen LogP contribution in [0.2, 0.25) is 0 Å². The van der Waals surface area contributed by atoms with Gasteiger partial charge in [-0.1, -0.05) is 13.8 Å². The van der Waals surface area contributed by atoms with Crippen molar-refractivity contribution in [1.82, 2.24) is 4.98 Å². The van der Waals surface area contributed by atoms with Crippen molar-refractivity contribution < 1.29 is 0 Å². The van der Waals surface area contributed by atoms with Gasteiger partial charge in [0.1, 0.15) is 0 Å². The van der Waals surface area contributed by atoms with Gasteiger partial charge in [-0.3, -0.25) is 0 Å². The number of aromatic nitrogens is 1. The van der Waals surface area contributed by atoms with Gasteiger partial charge >= 0.3 is 0 Å². The third-order valence-corrected chi connectivity index (χ3v) is 3.35. The Balaban J connectivity index is 2.79. The fourth-order valence-corrected chi connectivity index (χ4v) is 2.63. The molecule has 0 aliphatic rings. The van der Waals surface area contributed by atoms with Crippen LogP contribution in [0, 0.1) is 0 Å². The van der Waals surface area contributed by atoms with Crippen molar-refractivity contribution in [2.75, 3.05) is 0 Å². The highest BCUT2D eigenvalue weighted by Gasteiger charge is 2.17. The van der Waals surface area contributed by atoms with Crippen LogP contribution < -0.4 is 5.73 Å². The first-order valence-electron chi connectivity index (χ1n) is 4.88. The number of hydrogen-bond donors (Lipinski definition) is 1. The predicted octanol–water partition coefficient (Wildman–Crippen LogP) is 2.55. The summed E-state index contributed by atoms with van der Waals surface area (Å²) in [6.07, 6.45) is 2.10. The first-order valence-corrected chi connectivity index (χ1v) is 5.76. The van der Waals surface area contributed by atoms with Crippen molar-refractivity contribution in [1.29, 1.82) is 0 Å². The zero-order chi connectivity index (χ0) is 9.84. The molecule has 0 fully saturated rings. The summed E-state index contributed by atoms with van der Waals surface area (Å²) in [5.74, 6) is 0.435. The molecule has 0 radical (unpaired) electrons. The van der Waals surface area contributed by atoms with E-state index in [0.717, 1.165) is 12.8 Å². The lowest BCUT2D eigenvalue weighted by Crippen LogP contribution is -2.24. The van der Waals surface area contributed by atoms with Crippen molar-refractivity contribution in [2.24, 2.45) is 5.73 Å². The lowest BCUT2D eigenvalue weighted by atomic mass is 10.0. The van der Waals surface area contributed by atoms with E-state index in [1.54, 1.807) is 11.3 Å². The summed E-state index contributed by atoms with van der Waals surface area (Å²) in [5.41, 5.74) is 7.09. The van der Waals surface area contributed by atoms with Crippen LogP contribution in [0.4, 0.5) is 0 Å². The molecule has 0 saturated carbocycles.